The molecule has 18 heavy (non-hydrogen) atoms. The fourth-order valence-electron chi connectivity index (χ4n) is 3.22. The molecular weight excluding hydrogens is 229 g/mol. The van der Waals surface area contributed by atoms with Crippen LogP contribution in [0, 0.1) is 11.7 Å². The standard InChI is InChI=1S/C14H20FN3/c1-10(13-5-4-12(15)7-17-13)18-8-11-3-2-6-16-14(11)9-18/h4-5,7,10-11,14,16H,2-3,6,8-9H2,1H3/t10?,11-,14+/m0/s1. The molecule has 0 amide bonds. The Hall–Kier alpha value is -1.00. The molecule has 3 atom stereocenters. The van der Waals surface area contributed by atoms with Gasteiger partial charge in [0.15, 0.2) is 0 Å². The van der Waals surface area contributed by atoms with Gasteiger partial charge in [0.05, 0.1) is 11.9 Å². The highest BCUT2D eigenvalue weighted by Crippen LogP contribution is 2.30. The van der Waals surface area contributed by atoms with Crippen molar-refractivity contribution in [1.82, 2.24) is 15.2 Å². The number of pyridine rings is 1. The average Bonchev–Trinajstić information content (AvgIpc) is 2.82. The maximum atomic E-state index is 12.9. The van der Waals surface area contributed by atoms with Crippen LogP contribution >= 0.6 is 0 Å². The highest BCUT2D eigenvalue weighted by molar-refractivity contribution is 5.10. The fourth-order valence-corrected chi connectivity index (χ4v) is 3.22. The third-order valence-corrected chi connectivity index (χ3v) is 4.35. The zero-order valence-corrected chi connectivity index (χ0v) is 10.8. The largest absolute Gasteiger partial charge is 0.312 e. The molecule has 1 unspecified atom stereocenters. The Balaban J connectivity index is 1.70. The highest BCUT2D eigenvalue weighted by Gasteiger charge is 2.36. The second-order valence-corrected chi connectivity index (χ2v) is 5.49. The van der Waals surface area contributed by atoms with Crippen molar-refractivity contribution >= 4 is 0 Å². The lowest BCUT2D eigenvalue weighted by atomic mass is 9.94. The molecule has 0 radical (unpaired) electrons. The Labute approximate surface area is 107 Å². The minimum absolute atomic E-state index is 0.261. The van der Waals surface area contributed by atoms with Gasteiger partial charge in [-0.2, -0.15) is 0 Å². The molecule has 3 nitrogen and oxygen atoms in total. The Kier molecular flexibility index (Phi) is 3.31. The van der Waals surface area contributed by atoms with Gasteiger partial charge in [-0.3, -0.25) is 9.88 Å². The summed E-state index contributed by atoms with van der Waals surface area (Å²) in [5.41, 5.74) is 0.968. The summed E-state index contributed by atoms with van der Waals surface area (Å²) in [4.78, 5) is 6.67. The Morgan fingerprint density at radius 1 is 1.44 bits per heavy atom. The van der Waals surface area contributed by atoms with Crippen LogP contribution in [0.2, 0.25) is 0 Å². The van der Waals surface area contributed by atoms with E-state index in [-0.39, 0.29) is 11.9 Å². The van der Waals surface area contributed by atoms with Gasteiger partial charge in [0.1, 0.15) is 5.82 Å². The summed E-state index contributed by atoms with van der Waals surface area (Å²) in [7, 11) is 0. The van der Waals surface area contributed by atoms with Gasteiger partial charge in [-0.25, -0.2) is 4.39 Å². The van der Waals surface area contributed by atoms with Gasteiger partial charge in [0, 0.05) is 25.2 Å². The van der Waals surface area contributed by atoms with Crippen molar-refractivity contribution in [2.75, 3.05) is 19.6 Å². The molecular formula is C14H20FN3. The van der Waals surface area contributed by atoms with Crippen LogP contribution in [0.25, 0.3) is 0 Å². The van der Waals surface area contributed by atoms with E-state index in [1.54, 1.807) is 6.07 Å². The molecule has 2 fully saturated rings. The third-order valence-electron chi connectivity index (χ3n) is 4.35. The highest BCUT2D eigenvalue weighted by atomic mass is 19.1. The third kappa shape index (κ3) is 2.27. The molecule has 3 rings (SSSR count). The summed E-state index contributed by atoms with van der Waals surface area (Å²) in [6.45, 7) is 5.54. The van der Waals surface area contributed by atoms with E-state index >= 15 is 0 Å². The molecule has 0 saturated carbocycles. The molecule has 4 heteroatoms. The van der Waals surface area contributed by atoms with E-state index in [0.717, 1.165) is 31.2 Å². The van der Waals surface area contributed by atoms with Gasteiger partial charge < -0.3 is 5.32 Å². The zero-order valence-electron chi connectivity index (χ0n) is 10.8. The predicted molar refractivity (Wildman–Crippen MR) is 68.7 cm³/mol. The summed E-state index contributed by atoms with van der Waals surface area (Å²) in [6, 6.07) is 4.22. The minimum atomic E-state index is -0.261. The van der Waals surface area contributed by atoms with E-state index in [1.165, 1.54) is 25.1 Å². The second kappa shape index (κ2) is 4.94. The number of rotatable bonds is 2. The number of piperidine rings is 1. The summed E-state index contributed by atoms with van der Waals surface area (Å²) < 4.78 is 12.9. The molecule has 1 aromatic rings. The lowest BCUT2D eigenvalue weighted by Gasteiger charge is -2.25. The van der Waals surface area contributed by atoms with Gasteiger partial charge in [-0.05, 0) is 44.4 Å². The van der Waals surface area contributed by atoms with Gasteiger partial charge >= 0.3 is 0 Å². The van der Waals surface area contributed by atoms with Crippen molar-refractivity contribution in [3.63, 3.8) is 0 Å². The molecule has 0 aromatic carbocycles. The van der Waals surface area contributed by atoms with Gasteiger partial charge in [-0.1, -0.05) is 0 Å². The average molecular weight is 249 g/mol. The molecule has 2 aliphatic heterocycles. The van der Waals surface area contributed by atoms with E-state index in [1.807, 2.05) is 0 Å². The van der Waals surface area contributed by atoms with Crippen molar-refractivity contribution < 1.29 is 4.39 Å². The van der Waals surface area contributed by atoms with Gasteiger partial charge in [-0.15, -0.1) is 0 Å². The monoisotopic (exact) mass is 249 g/mol. The Bertz CT molecular complexity index is 392. The van der Waals surface area contributed by atoms with E-state index in [4.69, 9.17) is 0 Å². The second-order valence-electron chi connectivity index (χ2n) is 5.49. The van der Waals surface area contributed by atoms with Crippen molar-refractivity contribution in [2.45, 2.75) is 31.8 Å². The zero-order chi connectivity index (χ0) is 12.5. The summed E-state index contributed by atoms with van der Waals surface area (Å²) >= 11 is 0. The van der Waals surface area contributed by atoms with Crippen LogP contribution in [0.5, 0.6) is 0 Å². The van der Waals surface area contributed by atoms with Crippen LogP contribution in [-0.2, 0) is 0 Å². The predicted octanol–water partition coefficient (Wildman–Crippen LogP) is 1.97. The van der Waals surface area contributed by atoms with Gasteiger partial charge in [0.25, 0.3) is 0 Å². The van der Waals surface area contributed by atoms with Crippen LogP contribution in [0.3, 0.4) is 0 Å². The van der Waals surface area contributed by atoms with Crippen molar-refractivity contribution in [3.8, 4) is 0 Å². The summed E-state index contributed by atoms with van der Waals surface area (Å²) in [6.07, 6.45) is 3.93. The number of halogens is 1. The fraction of sp³-hybridized carbons (Fsp3) is 0.643. The normalized spacial score (nSPS) is 30.1. The van der Waals surface area contributed by atoms with Crippen LogP contribution in [0.15, 0.2) is 18.3 Å². The Morgan fingerprint density at radius 3 is 3.06 bits per heavy atom. The number of fused-ring (bicyclic) bond motifs is 1. The number of nitrogens with one attached hydrogen (secondary N) is 1. The van der Waals surface area contributed by atoms with E-state index in [2.05, 4.69) is 22.1 Å². The van der Waals surface area contributed by atoms with E-state index in [0.29, 0.717) is 6.04 Å². The first kappa shape index (κ1) is 12.1. The molecule has 2 aliphatic rings. The van der Waals surface area contributed by atoms with Crippen LogP contribution < -0.4 is 5.32 Å². The smallest absolute Gasteiger partial charge is 0.141 e. The minimum Gasteiger partial charge on any atom is -0.312 e. The number of aromatic nitrogens is 1. The molecule has 0 bridgehead atoms. The topological polar surface area (TPSA) is 28.2 Å². The summed E-state index contributed by atoms with van der Waals surface area (Å²) in [5, 5.41) is 3.60. The first-order valence-corrected chi connectivity index (χ1v) is 6.83. The summed E-state index contributed by atoms with van der Waals surface area (Å²) in [5.74, 6) is 0.518. The first-order chi connectivity index (χ1) is 8.74. The lowest BCUT2D eigenvalue weighted by Crippen LogP contribution is -2.40. The van der Waals surface area contributed by atoms with Crippen molar-refractivity contribution in [3.05, 3.63) is 29.8 Å². The van der Waals surface area contributed by atoms with Crippen LogP contribution in [0.4, 0.5) is 4.39 Å². The molecule has 0 spiro atoms. The SMILES string of the molecule is CC(c1ccc(F)cn1)N1C[C@@H]2CCCN[C@@H]2C1. The molecule has 0 aliphatic carbocycles. The molecule has 3 heterocycles. The number of hydrogen-bond acceptors (Lipinski definition) is 3. The number of nitrogens with zero attached hydrogens (tertiary/aromatic N) is 2. The molecule has 1 aromatic heterocycles. The Morgan fingerprint density at radius 2 is 2.33 bits per heavy atom. The van der Waals surface area contributed by atoms with Crippen molar-refractivity contribution in [1.29, 1.82) is 0 Å². The van der Waals surface area contributed by atoms with Crippen LogP contribution in [-0.4, -0.2) is 35.6 Å². The quantitative estimate of drug-likeness (QED) is 0.868. The molecule has 2 saturated heterocycles. The maximum Gasteiger partial charge on any atom is 0.141 e. The first-order valence-electron chi connectivity index (χ1n) is 6.83. The molecule has 1 N–H and O–H groups in total. The van der Waals surface area contributed by atoms with E-state index < -0.39 is 0 Å². The maximum absolute atomic E-state index is 12.9. The number of likely N-dealkylation sites (tertiary alicyclic amines) is 1. The van der Waals surface area contributed by atoms with Crippen molar-refractivity contribution in [2.24, 2.45) is 5.92 Å². The number of hydrogen-bond donors (Lipinski definition) is 1. The van der Waals surface area contributed by atoms with E-state index in [9.17, 15) is 4.39 Å². The van der Waals surface area contributed by atoms with Crippen LogP contribution in [0.1, 0.15) is 31.5 Å². The molecule has 98 valence electrons. The lowest BCUT2D eigenvalue weighted by molar-refractivity contribution is 0.246. The van der Waals surface area contributed by atoms with Gasteiger partial charge in [0.2, 0.25) is 0 Å².